The number of benzene rings is 1. The Labute approximate surface area is 114 Å². The molecule has 19 heavy (non-hydrogen) atoms. The number of nitrogens with zero attached hydrogens (tertiary/aromatic N) is 1. The third-order valence-electron chi connectivity index (χ3n) is 4.29. The molecule has 1 atom stereocenters. The van der Waals surface area contributed by atoms with Crippen molar-refractivity contribution in [1.29, 1.82) is 0 Å². The number of hydrogen-bond donors (Lipinski definition) is 2. The Bertz CT molecular complexity index is 540. The minimum Gasteiger partial charge on any atom is -0.387 e. The van der Waals surface area contributed by atoms with Crippen LogP contribution in [0.1, 0.15) is 31.4 Å². The molecule has 1 aromatic heterocycles. The second-order valence-electron chi connectivity index (χ2n) is 5.79. The number of para-hydroxylation sites is 1. The fraction of sp³-hybridized carbons (Fsp3) is 0.500. The molecule has 3 nitrogen and oxygen atoms in total. The van der Waals surface area contributed by atoms with E-state index in [0.717, 1.165) is 42.0 Å². The predicted octanol–water partition coefficient (Wildman–Crippen LogP) is 2.93. The molecule has 1 aliphatic heterocycles. The fourth-order valence-electron chi connectivity index (χ4n) is 2.96. The number of hydrogen-bond acceptors (Lipinski definition) is 2. The first-order valence-electron chi connectivity index (χ1n) is 7.20. The molecule has 1 saturated heterocycles. The standard InChI is InChI=1S/C16H22N2O/c1-12-6-8-18(9-7-12)11-16(19)14-10-17-15-5-3-2-4-13(14)15/h2-5,10,12,16-17,19H,6-9,11H2,1H3. The summed E-state index contributed by atoms with van der Waals surface area (Å²) in [4.78, 5) is 5.62. The maximum Gasteiger partial charge on any atom is 0.0937 e. The normalized spacial score (nSPS) is 19.9. The number of aliphatic hydroxyl groups excluding tert-OH is 1. The average molecular weight is 258 g/mol. The van der Waals surface area contributed by atoms with Crippen LogP contribution in [0.5, 0.6) is 0 Å². The summed E-state index contributed by atoms with van der Waals surface area (Å²) >= 11 is 0. The minimum absolute atomic E-state index is 0.399. The topological polar surface area (TPSA) is 39.3 Å². The van der Waals surface area contributed by atoms with Crippen molar-refractivity contribution in [3.05, 3.63) is 36.0 Å². The van der Waals surface area contributed by atoms with Crippen LogP contribution < -0.4 is 0 Å². The van der Waals surface area contributed by atoms with Crippen molar-refractivity contribution in [3.8, 4) is 0 Å². The van der Waals surface area contributed by atoms with Gasteiger partial charge in [-0.05, 0) is 37.9 Å². The average Bonchev–Trinajstić information content (AvgIpc) is 2.85. The molecule has 1 fully saturated rings. The zero-order valence-electron chi connectivity index (χ0n) is 11.5. The van der Waals surface area contributed by atoms with E-state index in [9.17, 15) is 5.11 Å². The second-order valence-corrected chi connectivity index (χ2v) is 5.79. The van der Waals surface area contributed by atoms with Crippen LogP contribution in [-0.4, -0.2) is 34.6 Å². The first-order valence-corrected chi connectivity index (χ1v) is 7.20. The van der Waals surface area contributed by atoms with Gasteiger partial charge in [0.15, 0.2) is 0 Å². The molecule has 2 N–H and O–H groups in total. The van der Waals surface area contributed by atoms with Gasteiger partial charge in [0.1, 0.15) is 0 Å². The molecular formula is C16H22N2O. The highest BCUT2D eigenvalue weighted by atomic mass is 16.3. The third kappa shape index (κ3) is 2.67. The number of H-pyrrole nitrogens is 1. The molecule has 1 aromatic carbocycles. The highest BCUT2D eigenvalue weighted by Gasteiger charge is 2.20. The molecule has 1 aliphatic rings. The zero-order chi connectivity index (χ0) is 13.2. The quantitative estimate of drug-likeness (QED) is 0.888. The van der Waals surface area contributed by atoms with Gasteiger partial charge in [0, 0.05) is 29.2 Å². The summed E-state index contributed by atoms with van der Waals surface area (Å²) in [5.74, 6) is 0.835. The smallest absolute Gasteiger partial charge is 0.0937 e. The lowest BCUT2D eigenvalue weighted by Crippen LogP contribution is -2.35. The van der Waals surface area contributed by atoms with Crippen molar-refractivity contribution in [2.45, 2.75) is 25.9 Å². The summed E-state index contributed by atoms with van der Waals surface area (Å²) in [5.41, 5.74) is 2.12. The maximum absolute atomic E-state index is 10.5. The number of aliphatic hydroxyl groups is 1. The number of aromatic amines is 1. The number of piperidine rings is 1. The van der Waals surface area contributed by atoms with Crippen LogP contribution in [0.4, 0.5) is 0 Å². The van der Waals surface area contributed by atoms with Crippen molar-refractivity contribution >= 4 is 10.9 Å². The first-order chi connectivity index (χ1) is 9.24. The van der Waals surface area contributed by atoms with Gasteiger partial charge in [-0.1, -0.05) is 25.1 Å². The summed E-state index contributed by atoms with van der Waals surface area (Å²) in [6.07, 6.45) is 4.05. The number of β-amino-alcohol motifs (C(OH)–C–C–N with tert-alkyl or cyclic N) is 1. The largest absolute Gasteiger partial charge is 0.387 e. The van der Waals surface area contributed by atoms with Gasteiger partial charge in [0.25, 0.3) is 0 Å². The maximum atomic E-state index is 10.5. The minimum atomic E-state index is -0.399. The molecule has 0 bridgehead atoms. The number of rotatable bonds is 3. The van der Waals surface area contributed by atoms with E-state index in [4.69, 9.17) is 0 Å². The van der Waals surface area contributed by atoms with E-state index in [1.54, 1.807) is 0 Å². The Morgan fingerprint density at radius 2 is 2.05 bits per heavy atom. The first kappa shape index (κ1) is 12.7. The zero-order valence-corrected chi connectivity index (χ0v) is 11.5. The van der Waals surface area contributed by atoms with Crippen molar-refractivity contribution in [3.63, 3.8) is 0 Å². The van der Waals surface area contributed by atoms with Gasteiger partial charge in [-0.3, -0.25) is 0 Å². The van der Waals surface area contributed by atoms with Crippen LogP contribution >= 0.6 is 0 Å². The Balaban J connectivity index is 1.71. The van der Waals surface area contributed by atoms with E-state index >= 15 is 0 Å². The molecule has 2 heterocycles. The van der Waals surface area contributed by atoms with Crippen LogP contribution in [0.2, 0.25) is 0 Å². The summed E-state index contributed by atoms with van der Waals surface area (Å²) in [6.45, 7) is 5.28. The van der Waals surface area contributed by atoms with Crippen LogP contribution in [0.25, 0.3) is 10.9 Å². The van der Waals surface area contributed by atoms with Crippen LogP contribution in [0, 0.1) is 5.92 Å². The van der Waals surface area contributed by atoms with Crippen molar-refractivity contribution < 1.29 is 5.11 Å². The lowest BCUT2D eigenvalue weighted by atomic mass is 9.98. The summed E-state index contributed by atoms with van der Waals surface area (Å²) in [5, 5.41) is 11.6. The number of nitrogens with one attached hydrogen (secondary N) is 1. The van der Waals surface area contributed by atoms with Gasteiger partial charge in [0.2, 0.25) is 0 Å². The van der Waals surface area contributed by atoms with E-state index in [2.05, 4.69) is 22.9 Å². The monoisotopic (exact) mass is 258 g/mol. The third-order valence-corrected chi connectivity index (χ3v) is 4.29. The lowest BCUT2D eigenvalue weighted by molar-refractivity contribution is 0.0925. The molecular weight excluding hydrogens is 236 g/mol. The van der Waals surface area contributed by atoms with E-state index in [0.29, 0.717) is 0 Å². The van der Waals surface area contributed by atoms with E-state index < -0.39 is 6.10 Å². The number of fused-ring (bicyclic) bond motifs is 1. The molecule has 3 heteroatoms. The van der Waals surface area contributed by atoms with Gasteiger partial charge in [-0.15, -0.1) is 0 Å². The number of likely N-dealkylation sites (tertiary alicyclic amines) is 1. The SMILES string of the molecule is CC1CCN(CC(O)c2c[nH]c3ccccc23)CC1. The van der Waals surface area contributed by atoms with Crippen molar-refractivity contribution in [2.24, 2.45) is 5.92 Å². The molecule has 0 spiro atoms. The van der Waals surface area contributed by atoms with E-state index in [1.807, 2.05) is 24.4 Å². The van der Waals surface area contributed by atoms with E-state index in [-0.39, 0.29) is 0 Å². The highest BCUT2D eigenvalue weighted by molar-refractivity contribution is 5.83. The Morgan fingerprint density at radius 3 is 2.84 bits per heavy atom. The van der Waals surface area contributed by atoms with Gasteiger partial charge in [-0.2, -0.15) is 0 Å². The molecule has 0 amide bonds. The van der Waals surface area contributed by atoms with Gasteiger partial charge < -0.3 is 15.0 Å². The van der Waals surface area contributed by atoms with Crippen LogP contribution in [0.15, 0.2) is 30.5 Å². The molecule has 3 rings (SSSR count). The summed E-state index contributed by atoms with van der Waals surface area (Å²) in [7, 11) is 0. The highest BCUT2D eigenvalue weighted by Crippen LogP contribution is 2.26. The Hall–Kier alpha value is -1.32. The lowest BCUT2D eigenvalue weighted by Gasteiger charge is -2.31. The molecule has 102 valence electrons. The summed E-state index contributed by atoms with van der Waals surface area (Å²) < 4.78 is 0. The molecule has 0 saturated carbocycles. The van der Waals surface area contributed by atoms with E-state index in [1.165, 1.54) is 12.8 Å². The summed E-state index contributed by atoms with van der Waals surface area (Å²) in [6, 6.07) is 8.16. The van der Waals surface area contributed by atoms with Gasteiger partial charge in [0.05, 0.1) is 6.10 Å². The Morgan fingerprint density at radius 1 is 1.32 bits per heavy atom. The molecule has 0 radical (unpaired) electrons. The Kier molecular flexibility index (Phi) is 3.58. The van der Waals surface area contributed by atoms with Crippen LogP contribution in [-0.2, 0) is 0 Å². The predicted molar refractivity (Wildman–Crippen MR) is 78.1 cm³/mol. The number of aromatic nitrogens is 1. The van der Waals surface area contributed by atoms with Gasteiger partial charge >= 0.3 is 0 Å². The fourth-order valence-corrected chi connectivity index (χ4v) is 2.96. The van der Waals surface area contributed by atoms with Gasteiger partial charge in [-0.25, -0.2) is 0 Å². The molecule has 0 aliphatic carbocycles. The molecule has 1 unspecified atom stereocenters. The molecule has 2 aromatic rings. The van der Waals surface area contributed by atoms with Crippen molar-refractivity contribution in [1.82, 2.24) is 9.88 Å². The van der Waals surface area contributed by atoms with Crippen molar-refractivity contribution in [2.75, 3.05) is 19.6 Å². The van der Waals surface area contributed by atoms with Crippen LogP contribution in [0.3, 0.4) is 0 Å². The second kappa shape index (κ2) is 5.35.